The van der Waals surface area contributed by atoms with Crippen LogP contribution < -0.4 is 10.9 Å². The fraction of sp³-hybridized carbons (Fsp3) is 0.333. The van der Waals surface area contributed by atoms with E-state index in [1.165, 1.54) is 0 Å². The third-order valence-corrected chi connectivity index (χ3v) is 4.03. The number of nitrogens with one attached hydrogen (secondary N) is 2. The number of para-hydroxylation sites is 1. The van der Waals surface area contributed by atoms with Crippen molar-refractivity contribution in [3.63, 3.8) is 0 Å². The SMILES string of the molecule is CCCCc1c(C)nc(Nc2nc(C)c3ccccc3n2)[nH]c1=O. The molecule has 2 N–H and O–H groups in total. The van der Waals surface area contributed by atoms with Crippen LogP contribution in [0.25, 0.3) is 10.9 Å². The standard InChI is InChI=1S/C18H21N5O/c1-4-5-8-14-12(3)20-18(22-16(14)24)23-17-19-11(2)13-9-6-7-10-15(13)21-17/h6-7,9-10H,4-5,8H2,1-3H3,(H2,19,20,21,22,23,24). The van der Waals surface area contributed by atoms with Gasteiger partial charge in [-0.15, -0.1) is 0 Å². The van der Waals surface area contributed by atoms with E-state index >= 15 is 0 Å². The summed E-state index contributed by atoms with van der Waals surface area (Å²) in [4.78, 5) is 28.4. The summed E-state index contributed by atoms with van der Waals surface area (Å²) in [7, 11) is 0. The highest BCUT2D eigenvalue weighted by atomic mass is 16.1. The Balaban J connectivity index is 1.93. The van der Waals surface area contributed by atoms with E-state index in [1.54, 1.807) is 0 Å². The molecule has 0 amide bonds. The first-order chi connectivity index (χ1) is 11.6. The second-order valence-electron chi connectivity index (χ2n) is 5.86. The lowest BCUT2D eigenvalue weighted by Gasteiger charge is -2.09. The third kappa shape index (κ3) is 3.27. The maximum atomic E-state index is 12.3. The molecule has 6 heteroatoms. The average molecular weight is 323 g/mol. The van der Waals surface area contributed by atoms with Crippen LogP contribution in [0.15, 0.2) is 29.1 Å². The zero-order valence-electron chi connectivity index (χ0n) is 14.2. The minimum absolute atomic E-state index is 0.101. The number of fused-ring (bicyclic) bond motifs is 1. The molecule has 6 nitrogen and oxygen atoms in total. The van der Waals surface area contributed by atoms with Crippen LogP contribution in [-0.2, 0) is 6.42 Å². The van der Waals surface area contributed by atoms with Crippen LogP contribution in [0.1, 0.15) is 36.7 Å². The monoisotopic (exact) mass is 323 g/mol. The van der Waals surface area contributed by atoms with Crippen molar-refractivity contribution in [2.75, 3.05) is 5.32 Å². The second-order valence-corrected chi connectivity index (χ2v) is 5.86. The summed E-state index contributed by atoms with van der Waals surface area (Å²) in [5.74, 6) is 0.794. The molecule has 0 spiro atoms. The number of rotatable bonds is 5. The van der Waals surface area contributed by atoms with Gasteiger partial charge in [0.2, 0.25) is 11.9 Å². The van der Waals surface area contributed by atoms with Crippen molar-refractivity contribution >= 4 is 22.8 Å². The van der Waals surface area contributed by atoms with Crippen LogP contribution in [0.2, 0.25) is 0 Å². The van der Waals surface area contributed by atoms with Crippen LogP contribution in [0.4, 0.5) is 11.9 Å². The van der Waals surface area contributed by atoms with Crippen molar-refractivity contribution in [3.8, 4) is 0 Å². The Labute approximate surface area is 140 Å². The van der Waals surface area contributed by atoms with Crippen molar-refractivity contribution in [1.82, 2.24) is 19.9 Å². The number of hydrogen-bond donors (Lipinski definition) is 2. The fourth-order valence-electron chi connectivity index (χ4n) is 2.71. The van der Waals surface area contributed by atoms with Gasteiger partial charge in [0.1, 0.15) is 0 Å². The maximum absolute atomic E-state index is 12.3. The summed E-state index contributed by atoms with van der Waals surface area (Å²) in [5.41, 5.74) is 3.12. The summed E-state index contributed by atoms with van der Waals surface area (Å²) < 4.78 is 0. The third-order valence-electron chi connectivity index (χ3n) is 4.03. The van der Waals surface area contributed by atoms with Crippen LogP contribution in [0.5, 0.6) is 0 Å². The van der Waals surface area contributed by atoms with Gasteiger partial charge in [0, 0.05) is 16.6 Å². The van der Waals surface area contributed by atoms with Gasteiger partial charge in [0.05, 0.1) is 11.2 Å². The summed E-state index contributed by atoms with van der Waals surface area (Å²) in [6.07, 6.45) is 2.77. The summed E-state index contributed by atoms with van der Waals surface area (Å²) in [6.45, 7) is 5.90. The van der Waals surface area contributed by atoms with E-state index in [9.17, 15) is 4.79 Å². The number of nitrogens with zero attached hydrogens (tertiary/aromatic N) is 3. The maximum Gasteiger partial charge on any atom is 0.255 e. The molecule has 0 fully saturated rings. The lowest BCUT2D eigenvalue weighted by Crippen LogP contribution is -2.18. The first-order valence-corrected chi connectivity index (χ1v) is 8.18. The highest BCUT2D eigenvalue weighted by Gasteiger charge is 2.10. The van der Waals surface area contributed by atoms with Gasteiger partial charge in [-0.2, -0.15) is 0 Å². The van der Waals surface area contributed by atoms with Gasteiger partial charge in [-0.3, -0.25) is 15.1 Å². The molecule has 1 aromatic carbocycles. The molecular formula is C18H21N5O. The number of aromatic amines is 1. The molecule has 2 heterocycles. The smallest absolute Gasteiger partial charge is 0.255 e. The van der Waals surface area contributed by atoms with Gasteiger partial charge in [0.25, 0.3) is 5.56 Å². The number of aromatic nitrogens is 4. The van der Waals surface area contributed by atoms with Gasteiger partial charge in [-0.05, 0) is 32.8 Å². The number of unbranched alkanes of at least 4 members (excludes halogenated alkanes) is 1. The van der Waals surface area contributed by atoms with Crippen LogP contribution in [0.3, 0.4) is 0 Å². The first kappa shape index (κ1) is 16.1. The zero-order valence-corrected chi connectivity index (χ0v) is 14.2. The van der Waals surface area contributed by atoms with Crippen molar-refractivity contribution in [2.45, 2.75) is 40.0 Å². The number of aryl methyl sites for hydroxylation is 2. The first-order valence-electron chi connectivity index (χ1n) is 8.18. The minimum Gasteiger partial charge on any atom is -0.294 e. The Morgan fingerprint density at radius 3 is 2.62 bits per heavy atom. The second kappa shape index (κ2) is 6.78. The Bertz CT molecular complexity index is 932. The molecule has 3 aromatic rings. The molecular weight excluding hydrogens is 302 g/mol. The van der Waals surface area contributed by atoms with Gasteiger partial charge >= 0.3 is 0 Å². The quantitative estimate of drug-likeness (QED) is 0.751. The van der Waals surface area contributed by atoms with Crippen molar-refractivity contribution in [2.24, 2.45) is 0 Å². The lowest BCUT2D eigenvalue weighted by atomic mass is 10.1. The molecule has 124 valence electrons. The molecule has 3 rings (SSSR count). The topological polar surface area (TPSA) is 83.6 Å². The molecule has 2 aromatic heterocycles. The predicted octanol–water partition coefficient (Wildman–Crippen LogP) is 3.42. The Kier molecular flexibility index (Phi) is 4.55. The van der Waals surface area contributed by atoms with E-state index in [2.05, 4.69) is 32.2 Å². The van der Waals surface area contributed by atoms with E-state index in [0.717, 1.165) is 47.1 Å². The van der Waals surface area contributed by atoms with Gasteiger partial charge in [-0.1, -0.05) is 31.5 Å². The van der Waals surface area contributed by atoms with E-state index in [1.807, 2.05) is 38.1 Å². The molecule has 0 saturated heterocycles. The normalized spacial score (nSPS) is 11.0. The summed E-state index contributed by atoms with van der Waals surface area (Å²) in [5, 5.41) is 4.02. The van der Waals surface area contributed by atoms with Gasteiger partial charge < -0.3 is 0 Å². The van der Waals surface area contributed by atoms with E-state index in [0.29, 0.717) is 11.9 Å². The van der Waals surface area contributed by atoms with Crippen LogP contribution in [-0.4, -0.2) is 19.9 Å². The summed E-state index contributed by atoms with van der Waals surface area (Å²) in [6, 6.07) is 7.82. The fourth-order valence-corrected chi connectivity index (χ4v) is 2.71. The van der Waals surface area contributed by atoms with E-state index in [-0.39, 0.29) is 5.56 Å². The van der Waals surface area contributed by atoms with Gasteiger partial charge in [-0.25, -0.2) is 15.0 Å². The Morgan fingerprint density at radius 1 is 1.08 bits per heavy atom. The molecule has 0 aliphatic rings. The van der Waals surface area contributed by atoms with Crippen LogP contribution >= 0.6 is 0 Å². The molecule has 0 radical (unpaired) electrons. The Hall–Kier alpha value is -2.76. The molecule has 0 aliphatic carbocycles. The van der Waals surface area contributed by atoms with E-state index in [4.69, 9.17) is 0 Å². The molecule has 0 saturated carbocycles. The highest BCUT2D eigenvalue weighted by molar-refractivity contribution is 5.81. The Morgan fingerprint density at radius 2 is 1.88 bits per heavy atom. The van der Waals surface area contributed by atoms with Crippen molar-refractivity contribution < 1.29 is 0 Å². The lowest BCUT2D eigenvalue weighted by molar-refractivity contribution is 0.774. The average Bonchev–Trinajstić information content (AvgIpc) is 2.54. The molecule has 24 heavy (non-hydrogen) atoms. The van der Waals surface area contributed by atoms with Crippen molar-refractivity contribution in [3.05, 3.63) is 51.6 Å². The number of H-pyrrole nitrogens is 1. The molecule has 0 atom stereocenters. The molecule has 0 bridgehead atoms. The molecule has 0 aliphatic heterocycles. The van der Waals surface area contributed by atoms with Gasteiger partial charge in [0.15, 0.2) is 0 Å². The van der Waals surface area contributed by atoms with E-state index < -0.39 is 0 Å². The van der Waals surface area contributed by atoms with Crippen molar-refractivity contribution in [1.29, 1.82) is 0 Å². The zero-order chi connectivity index (χ0) is 17.1. The molecule has 0 unspecified atom stereocenters. The minimum atomic E-state index is -0.101. The summed E-state index contributed by atoms with van der Waals surface area (Å²) >= 11 is 0. The highest BCUT2D eigenvalue weighted by Crippen LogP contribution is 2.18. The van der Waals surface area contributed by atoms with Crippen LogP contribution in [0, 0.1) is 13.8 Å². The number of anilines is 2. The number of hydrogen-bond acceptors (Lipinski definition) is 5. The number of benzene rings is 1. The predicted molar refractivity (Wildman–Crippen MR) is 95.8 cm³/mol. The largest absolute Gasteiger partial charge is 0.294 e.